The monoisotopic (exact) mass is 516 g/mol. The first-order valence-corrected chi connectivity index (χ1v) is 10.8. The van der Waals surface area contributed by atoms with Gasteiger partial charge in [0.2, 0.25) is 0 Å². The summed E-state index contributed by atoms with van der Waals surface area (Å²) in [7, 11) is 1.57. The molecule has 0 saturated heterocycles. The van der Waals surface area contributed by atoms with E-state index in [1.54, 1.807) is 19.2 Å². The lowest BCUT2D eigenvalue weighted by Crippen LogP contribution is -2.35. The van der Waals surface area contributed by atoms with Crippen LogP contribution in [0.15, 0.2) is 66.7 Å². The molecule has 4 aromatic rings. The number of halogens is 4. The van der Waals surface area contributed by atoms with E-state index >= 15 is 0 Å². The number of anilines is 1. The Morgan fingerprint density at radius 1 is 0.829 bits per heavy atom. The second kappa shape index (κ2) is 10.2. The van der Waals surface area contributed by atoms with Crippen LogP contribution in [0.2, 0.25) is 10.0 Å². The molecule has 0 fully saturated rings. The lowest BCUT2D eigenvalue weighted by molar-refractivity contribution is 0.0959. The molecule has 0 aliphatic carbocycles. The minimum absolute atomic E-state index is 0.0687. The number of carbonyl (C=O) groups excluding carboxylic acids is 2. The van der Waals surface area contributed by atoms with E-state index in [0.29, 0.717) is 11.5 Å². The van der Waals surface area contributed by atoms with E-state index in [9.17, 15) is 18.4 Å². The Hall–Kier alpha value is -3.88. The summed E-state index contributed by atoms with van der Waals surface area (Å²) >= 11 is 12.7. The van der Waals surface area contributed by atoms with Crippen molar-refractivity contribution < 1.29 is 27.8 Å². The Balaban J connectivity index is 1.53. The fraction of sp³-hybridized carbons (Fsp3) is 0.0400. The van der Waals surface area contributed by atoms with Gasteiger partial charge in [-0.3, -0.25) is 10.1 Å². The summed E-state index contributed by atoms with van der Waals surface area (Å²) in [6.07, 6.45) is 0. The van der Waals surface area contributed by atoms with E-state index in [2.05, 4.69) is 5.32 Å². The van der Waals surface area contributed by atoms with Gasteiger partial charge in [-0.15, -0.1) is 0 Å². The summed E-state index contributed by atoms with van der Waals surface area (Å²) in [5.74, 6) is -2.18. The molecule has 0 heterocycles. The van der Waals surface area contributed by atoms with Crippen molar-refractivity contribution in [3.8, 4) is 17.2 Å². The van der Waals surface area contributed by atoms with Crippen molar-refractivity contribution in [1.82, 2.24) is 5.32 Å². The number of amides is 3. The number of urea groups is 1. The lowest BCUT2D eigenvalue weighted by atomic mass is 10.1. The molecule has 0 bridgehead atoms. The SMILES string of the molecule is COc1ccc(Oc2c(Cl)cc(NC(=O)NC(=O)c3c(F)cccc3F)cc2Cl)c2ccccc12. The van der Waals surface area contributed by atoms with E-state index in [1.807, 2.05) is 29.6 Å². The highest BCUT2D eigenvalue weighted by Crippen LogP contribution is 2.42. The molecule has 0 aromatic heterocycles. The first kappa shape index (κ1) is 24.3. The molecule has 0 aliphatic heterocycles. The molecule has 3 amide bonds. The van der Waals surface area contributed by atoms with Crippen LogP contribution in [-0.4, -0.2) is 19.0 Å². The first-order chi connectivity index (χ1) is 16.8. The number of benzene rings is 4. The van der Waals surface area contributed by atoms with Gasteiger partial charge in [-0.2, -0.15) is 0 Å². The highest BCUT2D eigenvalue weighted by atomic mass is 35.5. The largest absolute Gasteiger partial charge is 0.496 e. The molecule has 4 aromatic carbocycles. The Morgan fingerprint density at radius 3 is 2.00 bits per heavy atom. The molecule has 0 spiro atoms. The Kier molecular flexibility index (Phi) is 7.04. The number of fused-ring (bicyclic) bond motifs is 1. The van der Waals surface area contributed by atoms with Crippen molar-refractivity contribution in [3.63, 3.8) is 0 Å². The number of carbonyl (C=O) groups is 2. The predicted octanol–water partition coefficient (Wildman–Crippen LogP) is 7.19. The molecule has 0 saturated carbocycles. The average molecular weight is 517 g/mol. The smallest absolute Gasteiger partial charge is 0.326 e. The van der Waals surface area contributed by atoms with Gasteiger partial charge in [-0.1, -0.05) is 53.5 Å². The number of hydrogen-bond donors (Lipinski definition) is 2. The summed E-state index contributed by atoms with van der Waals surface area (Å²) in [6.45, 7) is 0. The van der Waals surface area contributed by atoms with Crippen LogP contribution < -0.4 is 20.1 Å². The van der Waals surface area contributed by atoms with Gasteiger partial charge in [-0.05, 0) is 36.4 Å². The zero-order valence-electron chi connectivity index (χ0n) is 18.0. The van der Waals surface area contributed by atoms with E-state index in [-0.39, 0.29) is 21.5 Å². The van der Waals surface area contributed by atoms with Crippen molar-refractivity contribution in [1.29, 1.82) is 0 Å². The van der Waals surface area contributed by atoms with Gasteiger partial charge in [0.25, 0.3) is 5.91 Å². The number of hydrogen-bond acceptors (Lipinski definition) is 4. The number of ether oxygens (including phenoxy) is 2. The van der Waals surface area contributed by atoms with E-state index in [1.165, 1.54) is 12.1 Å². The standard InChI is InChI=1S/C25H16Cl2F2N2O4/c1-34-20-9-10-21(15-6-3-2-5-14(15)20)35-23-16(26)11-13(12-17(23)27)30-25(33)31-24(32)22-18(28)7-4-8-19(22)29/h2-12H,1H3,(H2,30,31,32,33). The Labute approximate surface area is 208 Å². The van der Waals surface area contributed by atoms with Crippen LogP contribution in [0.4, 0.5) is 19.3 Å². The molecule has 4 rings (SSSR count). The highest BCUT2D eigenvalue weighted by Gasteiger charge is 2.20. The molecule has 0 aliphatic rings. The third-order valence-corrected chi connectivity index (χ3v) is 5.51. The lowest BCUT2D eigenvalue weighted by Gasteiger charge is -2.15. The van der Waals surface area contributed by atoms with Crippen molar-refractivity contribution in [3.05, 3.63) is 94.0 Å². The van der Waals surface area contributed by atoms with Crippen LogP contribution in [0.3, 0.4) is 0 Å². The molecule has 2 N–H and O–H groups in total. The van der Waals surface area contributed by atoms with Gasteiger partial charge < -0.3 is 14.8 Å². The second-order valence-corrected chi connectivity index (χ2v) is 8.00. The van der Waals surface area contributed by atoms with Crippen LogP contribution in [-0.2, 0) is 0 Å². The molecule has 6 nitrogen and oxygen atoms in total. The average Bonchev–Trinajstić information content (AvgIpc) is 2.81. The fourth-order valence-corrected chi connectivity index (χ4v) is 3.96. The van der Waals surface area contributed by atoms with Gasteiger partial charge in [0, 0.05) is 16.5 Å². The van der Waals surface area contributed by atoms with E-state index in [0.717, 1.165) is 29.0 Å². The van der Waals surface area contributed by atoms with Crippen LogP contribution in [0.25, 0.3) is 10.8 Å². The van der Waals surface area contributed by atoms with Crippen molar-refractivity contribution in [2.24, 2.45) is 0 Å². The van der Waals surface area contributed by atoms with Gasteiger partial charge in [0.05, 0.1) is 17.2 Å². The normalized spacial score (nSPS) is 10.7. The zero-order chi connectivity index (χ0) is 25.1. The number of nitrogens with one attached hydrogen (secondary N) is 2. The maximum atomic E-state index is 13.8. The van der Waals surface area contributed by atoms with Crippen molar-refractivity contribution in [2.45, 2.75) is 0 Å². The number of methoxy groups -OCH3 is 1. The summed E-state index contributed by atoms with van der Waals surface area (Å²) in [5, 5.41) is 5.92. The van der Waals surface area contributed by atoms with E-state index in [4.69, 9.17) is 32.7 Å². The molecule has 35 heavy (non-hydrogen) atoms. The maximum absolute atomic E-state index is 13.8. The summed E-state index contributed by atoms with van der Waals surface area (Å²) in [4.78, 5) is 24.3. The third-order valence-electron chi connectivity index (χ3n) is 4.95. The topological polar surface area (TPSA) is 76.7 Å². The molecule has 178 valence electrons. The fourth-order valence-electron chi connectivity index (χ4n) is 3.39. The third kappa shape index (κ3) is 5.13. The first-order valence-electron chi connectivity index (χ1n) is 10.1. The molecular weight excluding hydrogens is 501 g/mol. The summed E-state index contributed by atoms with van der Waals surface area (Å²) < 4.78 is 38.9. The summed E-state index contributed by atoms with van der Waals surface area (Å²) in [5.41, 5.74) is -0.763. The minimum Gasteiger partial charge on any atom is -0.496 e. The number of rotatable bonds is 5. The van der Waals surface area contributed by atoms with Gasteiger partial charge in [0.15, 0.2) is 5.75 Å². The molecule has 0 radical (unpaired) electrons. The van der Waals surface area contributed by atoms with Crippen LogP contribution >= 0.6 is 23.2 Å². The Bertz CT molecular complexity index is 1420. The van der Waals surface area contributed by atoms with Crippen molar-refractivity contribution in [2.75, 3.05) is 12.4 Å². The maximum Gasteiger partial charge on any atom is 0.326 e. The van der Waals surface area contributed by atoms with Crippen molar-refractivity contribution >= 4 is 51.6 Å². The van der Waals surface area contributed by atoms with Crippen LogP contribution in [0.5, 0.6) is 17.2 Å². The molecule has 0 atom stereocenters. The number of imide groups is 1. The summed E-state index contributed by atoms with van der Waals surface area (Å²) in [6, 6.07) is 15.5. The molecule has 0 unspecified atom stereocenters. The quantitative estimate of drug-likeness (QED) is 0.294. The minimum atomic E-state index is -1.25. The Morgan fingerprint density at radius 2 is 1.40 bits per heavy atom. The zero-order valence-corrected chi connectivity index (χ0v) is 19.5. The molecular formula is C25H16Cl2F2N2O4. The molecule has 10 heteroatoms. The van der Waals surface area contributed by atoms with Gasteiger partial charge in [0.1, 0.15) is 28.7 Å². The predicted molar refractivity (Wildman–Crippen MR) is 130 cm³/mol. The van der Waals surface area contributed by atoms with E-state index < -0.39 is 29.1 Å². The second-order valence-electron chi connectivity index (χ2n) is 7.19. The van der Waals surface area contributed by atoms with Gasteiger partial charge in [-0.25, -0.2) is 13.6 Å². The highest BCUT2D eigenvalue weighted by molar-refractivity contribution is 6.37. The van der Waals surface area contributed by atoms with Gasteiger partial charge >= 0.3 is 6.03 Å². The van der Waals surface area contributed by atoms with Crippen LogP contribution in [0, 0.1) is 11.6 Å². The van der Waals surface area contributed by atoms with Crippen LogP contribution in [0.1, 0.15) is 10.4 Å².